The van der Waals surface area contributed by atoms with Crippen molar-refractivity contribution in [3.8, 4) is 11.5 Å². The van der Waals surface area contributed by atoms with Crippen LogP contribution in [0.3, 0.4) is 0 Å². The highest BCUT2D eigenvalue weighted by Crippen LogP contribution is 2.36. The van der Waals surface area contributed by atoms with E-state index in [2.05, 4.69) is 0 Å². The summed E-state index contributed by atoms with van der Waals surface area (Å²) >= 11 is 0.973. The number of aromatic carboxylic acids is 1. The number of ether oxygens (including phenoxy) is 2. The molecule has 0 spiro atoms. The highest BCUT2D eigenvalue weighted by Gasteiger charge is 2.36. The quantitative estimate of drug-likeness (QED) is 0.491. The van der Waals surface area contributed by atoms with Crippen LogP contribution in [0.4, 0.5) is 4.79 Å². The van der Waals surface area contributed by atoms with Gasteiger partial charge in [0.05, 0.1) is 17.6 Å². The van der Waals surface area contributed by atoms with Gasteiger partial charge in [0.25, 0.3) is 11.1 Å². The van der Waals surface area contributed by atoms with E-state index in [1.54, 1.807) is 42.5 Å². The Kier molecular flexibility index (Phi) is 7.57. The monoisotopic (exact) mass is 481 g/mol. The zero-order chi connectivity index (χ0) is 24.1. The van der Waals surface area contributed by atoms with E-state index in [1.165, 1.54) is 24.5 Å². The fourth-order valence-electron chi connectivity index (χ4n) is 4.29. The molecule has 2 aromatic rings. The Morgan fingerprint density at radius 3 is 2.65 bits per heavy atom. The number of imide groups is 1. The second-order valence-electron chi connectivity index (χ2n) is 8.50. The molecule has 2 aliphatic rings. The van der Waals surface area contributed by atoms with E-state index in [0.717, 1.165) is 48.6 Å². The molecule has 4 rings (SSSR count). The van der Waals surface area contributed by atoms with E-state index >= 15 is 0 Å². The molecule has 0 unspecified atom stereocenters. The first-order chi connectivity index (χ1) is 16.4. The standard InChI is InChI=1S/C26H27NO6S/c1-32-22-13-18(10-11-21(22)33-16-19-8-5-9-20(12-19)25(29)30)14-23-24(28)27(26(31)34-23)15-17-6-3-2-4-7-17/h5,8-14,17H,2-4,6-7,15-16H2,1H3,(H,29,30)/b23-14+. The first-order valence-corrected chi connectivity index (χ1v) is 12.1. The fraction of sp³-hybridized carbons (Fsp3) is 0.346. The van der Waals surface area contributed by atoms with Crippen molar-refractivity contribution in [2.45, 2.75) is 38.7 Å². The number of carbonyl (C=O) groups excluding carboxylic acids is 2. The summed E-state index contributed by atoms with van der Waals surface area (Å²) in [7, 11) is 1.52. The molecule has 2 amide bonds. The highest BCUT2D eigenvalue weighted by atomic mass is 32.2. The number of benzene rings is 2. The molecule has 2 aromatic carbocycles. The van der Waals surface area contributed by atoms with Crippen LogP contribution in [-0.2, 0) is 11.4 Å². The molecule has 1 aliphatic heterocycles. The van der Waals surface area contributed by atoms with Gasteiger partial charge in [-0.1, -0.05) is 37.5 Å². The molecule has 0 radical (unpaired) electrons. The maximum absolute atomic E-state index is 12.9. The van der Waals surface area contributed by atoms with Gasteiger partial charge in [-0.15, -0.1) is 0 Å². The smallest absolute Gasteiger partial charge is 0.335 e. The molecular weight excluding hydrogens is 454 g/mol. The number of methoxy groups -OCH3 is 1. The van der Waals surface area contributed by atoms with Crippen molar-refractivity contribution in [1.82, 2.24) is 4.90 Å². The molecule has 8 heteroatoms. The van der Waals surface area contributed by atoms with Crippen molar-refractivity contribution in [1.29, 1.82) is 0 Å². The summed E-state index contributed by atoms with van der Waals surface area (Å²) in [5.74, 6) is 0.134. The Bertz CT molecular complexity index is 1120. The molecule has 178 valence electrons. The van der Waals surface area contributed by atoms with E-state index in [1.807, 2.05) is 0 Å². The Balaban J connectivity index is 1.44. The molecule has 1 aliphatic carbocycles. The van der Waals surface area contributed by atoms with Crippen LogP contribution < -0.4 is 9.47 Å². The van der Waals surface area contributed by atoms with Gasteiger partial charge < -0.3 is 14.6 Å². The average molecular weight is 482 g/mol. The van der Waals surface area contributed by atoms with Crippen LogP contribution in [0.15, 0.2) is 47.4 Å². The zero-order valence-electron chi connectivity index (χ0n) is 19.0. The molecule has 1 heterocycles. The molecule has 0 aromatic heterocycles. The Morgan fingerprint density at radius 2 is 1.91 bits per heavy atom. The third-order valence-electron chi connectivity index (χ3n) is 6.09. The number of thioether (sulfide) groups is 1. The normalized spacial score (nSPS) is 17.9. The van der Waals surface area contributed by atoms with E-state index in [0.29, 0.717) is 28.9 Å². The Hall–Kier alpha value is -3.26. The Labute approximate surface area is 202 Å². The average Bonchev–Trinajstić information content (AvgIpc) is 3.11. The highest BCUT2D eigenvalue weighted by molar-refractivity contribution is 8.18. The maximum Gasteiger partial charge on any atom is 0.335 e. The molecule has 0 atom stereocenters. The topological polar surface area (TPSA) is 93.1 Å². The van der Waals surface area contributed by atoms with Crippen LogP contribution >= 0.6 is 11.8 Å². The van der Waals surface area contributed by atoms with Crippen LogP contribution in [0.5, 0.6) is 11.5 Å². The van der Waals surface area contributed by atoms with E-state index in [-0.39, 0.29) is 23.3 Å². The molecule has 34 heavy (non-hydrogen) atoms. The largest absolute Gasteiger partial charge is 0.493 e. The molecule has 0 bridgehead atoms. The predicted molar refractivity (Wildman–Crippen MR) is 130 cm³/mol. The maximum atomic E-state index is 12.9. The number of carboxylic acid groups (broad SMARTS) is 1. The van der Waals surface area contributed by atoms with Crippen molar-refractivity contribution in [2.75, 3.05) is 13.7 Å². The summed E-state index contributed by atoms with van der Waals surface area (Å²) < 4.78 is 11.3. The molecule has 2 fully saturated rings. The van der Waals surface area contributed by atoms with Gasteiger partial charge in [-0.05, 0) is 72.0 Å². The zero-order valence-corrected chi connectivity index (χ0v) is 19.8. The summed E-state index contributed by atoms with van der Waals surface area (Å²) in [6.07, 6.45) is 7.40. The summed E-state index contributed by atoms with van der Waals surface area (Å²) in [5, 5.41) is 8.93. The summed E-state index contributed by atoms with van der Waals surface area (Å²) in [5.41, 5.74) is 1.64. The van der Waals surface area contributed by atoms with E-state index < -0.39 is 5.97 Å². The summed E-state index contributed by atoms with van der Waals surface area (Å²) in [4.78, 5) is 38.3. The summed E-state index contributed by atoms with van der Waals surface area (Å²) in [6, 6.07) is 11.8. The van der Waals surface area contributed by atoms with E-state index in [4.69, 9.17) is 14.6 Å². The van der Waals surface area contributed by atoms with Gasteiger partial charge in [0, 0.05) is 6.54 Å². The lowest BCUT2D eigenvalue weighted by molar-refractivity contribution is -0.123. The van der Waals surface area contributed by atoms with Crippen LogP contribution in [-0.4, -0.2) is 40.8 Å². The van der Waals surface area contributed by atoms with Crippen molar-refractivity contribution in [3.63, 3.8) is 0 Å². The third-order valence-corrected chi connectivity index (χ3v) is 7.00. The molecule has 1 saturated heterocycles. The van der Waals surface area contributed by atoms with Gasteiger partial charge in [0.2, 0.25) is 0 Å². The van der Waals surface area contributed by atoms with Crippen LogP contribution in [0, 0.1) is 5.92 Å². The number of amides is 2. The first-order valence-electron chi connectivity index (χ1n) is 11.3. The van der Waals surface area contributed by atoms with Gasteiger partial charge in [0.1, 0.15) is 6.61 Å². The fourth-order valence-corrected chi connectivity index (χ4v) is 5.13. The van der Waals surface area contributed by atoms with Gasteiger partial charge in [-0.3, -0.25) is 14.5 Å². The number of hydrogen-bond donors (Lipinski definition) is 1. The number of carboxylic acids is 1. The number of nitrogens with zero attached hydrogens (tertiary/aromatic N) is 1. The lowest BCUT2D eigenvalue weighted by Gasteiger charge is -2.25. The first kappa shape index (κ1) is 23.9. The van der Waals surface area contributed by atoms with Crippen molar-refractivity contribution in [2.24, 2.45) is 5.92 Å². The minimum absolute atomic E-state index is 0.177. The lowest BCUT2D eigenvalue weighted by atomic mass is 9.89. The summed E-state index contributed by atoms with van der Waals surface area (Å²) in [6.45, 7) is 0.679. The van der Waals surface area contributed by atoms with Gasteiger partial charge in [-0.25, -0.2) is 4.79 Å². The minimum Gasteiger partial charge on any atom is -0.493 e. The number of hydrogen-bond acceptors (Lipinski definition) is 6. The van der Waals surface area contributed by atoms with Crippen LogP contribution in [0.25, 0.3) is 6.08 Å². The molecule has 1 saturated carbocycles. The lowest BCUT2D eigenvalue weighted by Crippen LogP contribution is -2.34. The second kappa shape index (κ2) is 10.8. The van der Waals surface area contributed by atoms with Crippen molar-refractivity contribution < 1.29 is 29.0 Å². The molecule has 7 nitrogen and oxygen atoms in total. The number of rotatable bonds is 8. The minimum atomic E-state index is -0.994. The molecular formula is C26H27NO6S. The van der Waals surface area contributed by atoms with Crippen LogP contribution in [0.1, 0.15) is 53.6 Å². The third kappa shape index (κ3) is 5.62. The van der Waals surface area contributed by atoms with E-state index in [9.17, 15) is 14.4 Å². The Morgan fingerprint density at radius 1 is 1.12 bits per heavy atom. The molecule has 1 N–H and O–H groups in total. The number of carbonyl (C=O) groups is 3. The predicted octanol–water partition coefficient (Wildman–Crippen LogP) is 5.59. The second-order valence-corrected chi connectivity index (χ2v) is 9.49. The van der Waals surface area contributed by atoms with Gasteiger partial charge >= 0.3 is 5.97 Å². The van der Waals surface area contributed by atoms with Crippen molar-refractivity contribution in [3.05, 3.63) is 64.1 Å². The van der Waals surface area contributed by atoms with Crippen molar-refractivity contribution >= 4 is 35.0 Å². The van der Waals surface area contributed by atoms with Gasteiger partial charge in [-0.2, -0.15) is 0 Å². The SMILES string of the molecule is COc1cc(/C=C2/SC(=O)N(CC3CCCCC3)C2=O)ccc1OCc1cccc(C(=O)O)c1. The van der Waals surface area contributed by atoms with Crippen LogP contribution in [0.2, 0.25) is 0 Å². The van der Waals surface area contributed by atoms with Gasteiger partial charge in [0.15, 0.2) is 11.5 Å².